The maximum atomic E-state index is 12.6. The number of nitrogens with one attached hydrogen (secondary N) is 1. The standard InChI is InChI=1S/C12H18N2O4S2/c1-2-14(9-3-5-13-6-4-9)20(17,18)10-7-11(12(15)16)19-8-10/h7-9,13H,2-6H2,1H3,(H,15,16). The van der Waals surface area contributed by atoms with Gasteiger partial charge in [0, 0.05) is 18.0 Å². The number of sulfonamides is 1. The number of hydrogen-bond acceptors (Lipinski definition) is 5. The summed E-state index contributed by atoms with van der Waals surface area (Å²) in [7, 11) is -3.61. The Morgan fingerprint density at radius 1 is 1.50 bits per heavy atom. The van der Waals surface area contributed by atoms with E-state index >= 15 is 0 Å². The van der Waals surface area contributed by atoms with E-state index in [-0.39, 0.29) is 15.8 Å². The summed E-state index contributed by atoms with van der Waals surface area (Å²) in [6.45, 7) is 3.82. The average molecular weight is 318 g/mol. The van der Waals surface area contributed by atoms with Gasteiger partial charge >= 0.3 is 5.97 Å². The van der Waals surface area contributed by atoms with Crippen LogP contribution in [0, 0.1) is 0 Å². The summed E-state index contributed by atoms with van der Waals surface area (Å²) in [5, 5.41) is 13.5. The predicted octanol–water partition coefficient (Wildman–Crippen LogP) is 1.21. The second-order valence-electron chi connectivity index (χ2n) is 4.64. The van der Waals surface area contributed by atoms with Gasteiger partial charge in [0.05, 0.1) is 4.90 Å². The first kappa shape index (κ1) is 15.4. The Kier molecular flexibility index (Phi) is 4.79. The quantitative estimate of drug-likeness (QED) is 0.852. The largest absolute Gasteiger partial charge is 0.477 e. The molecule has 20 heavy (non-hydrogen) atoms. The van der Waals surface area contributed by atoms with Gasteiger partial charge in [-0.15, -0.1) is 11.3 Å². The van der Waals surface area contributed by atoms with Crippen LogP contribution < -0.4 is 5.32 Å². The third kappa shape index (κ3) is 3.03. The normalized spacial score (nSPS) is 17.5. The minimum atomic E-state index is -3.61. The number of thiophene rings is 1. The van der Waals surface area contributed by atoms with E-state index in [1.54, 1.807) is 0 Å². The lowest BCUT2D eigenvalue weighted by Crippen LogP contribution is -2.45. The van der Waals surface area contributed by atoms with Gasteiger partial charge < -0.3 is 10.4 Å². The minimum absolute atomic E-state index is 0.0144. The van der Waals surface area contributed by atoms with Crippen molar-refractivity contribution < 1.29 is 18.3 Å². The number of carboxylic acids is 1. The lowest BCUT2D eigenvalue weighted by molar-refractivity contribution is 0.0702. The number of piperidine rings is 1. The number of nitrogens with zero attached hydrogens (tertiary/aromatic N) is 1. The predicted molar refractivity (Wildman–Crippen MR) is 76.7 cm³/mol. The zero-order valence-electron chi connectivity index (χ0n) is 11.2. The van der Waals surface area contributed by atoms with Crippen molar-refractivity contribution in [3.8, 4) is 0 Å². The van der Waals surface area contributed by atoms with Gasteiger partial charge in [-0.2, -0.15) is 4.31 Å². The van der Waals surface area contributed by atoms with Crippen LogP contribution in [0.25, 0.3) is 0 Å². The van der Waals surface area contributed by atoms with Crippen molar-refractivity contribution in [2.24, 2.45) is 0 Å². The van der Waals surface area contributed by atoms with Crippen LogP contribution in [0.2, 0.25) is 0 Å². The molecular formula is C12H18N2O4S2. The van der Waals surface area contributed by atoms with Gasteiger partial charge in [-0.25, -0.2) is 13.2 Å². The van der Waals surface area contributed by atoms with Crippen molar-refractivity contribution in [3.63, 3.8) is 0 Å². The molecule has 8 heteroatoms. The first-order valence-electron chi connectivity index (χ1n) is 6.51. The molecule has 6 nitrogen and oxygen atoms in total. The van der Waals surface area contributed by atoms with Crippen LogP contribution in [0.4, 0.5) is 0 Å². The molecule has 0 unspecified atom stereocenters. The molecule has 1 fully saturated rings. The fourth-order valence-corrected chi connectivity index (χ4v) is 5.21. The Hall–Kier alpha value is -0.960. The summed E-state index contributed by atoms with van der Waals surface area (Å²) >= 11 is 0.941. The first-order valence-corrected chi connectivity index (χ1v) is 8.83. The summed E-state index contributed by atoms with van der Waals surface area (Å²) in [5.74, 6) is -1.10. The van der Waals surface area contributed by atoms with Crippen molar-refractivity contribution in [2.45, 2.75) is 30.7 Å². The monoisotopic (exact) mass is 318 g/mol. The third-order valence-corrected chi connectivity index (χ3v) is 6.49. The van der Waals surface area contributed by atoms with E-state index in [2.05, 4.69) is 5.32 Å². The van der Waals surface area contributed by atoms with Gasteiger partial charge in [0.2, 0.25) is 10.0 Å². The number of carbonyl (C=O) groups is 1. The van der Waals surface area contributed by atoms with E-state index in [1.807, 2.05) is 6.92 Å². The molecule has 2 rings (SSSR count). The molecule has 0 aromatic carbocycles. The minimum Gasteiger partial charge on any atom is -0.477 e. The SMILES string of the molecule is CCN(C1CCNCC1)S(=O)(=O)c1csc(C(=O)O)c1. The zero-order chi connectivity index (χ0) is 14.8. The Morgan fingerprint density at radius 3 is 2.65 bits per heavy atom. The molecule has 0 atom stereocenters. The second-order valence-corrected chi connectivity index (χ2v) is 7.44. The molecule has 112 valence electrons. The van der Waals surface area contributed by atoms with E-state index in [1.165, 1.54) is 15.8 Å². The highest BCUT2D eigenvalue weighted by Gasteiger charge is 2.32. The molecule has 1 aliphatic heterocycles. The van der Waals surface area contributed by atoms with Gasteiger partial charge in [-0.05, 0) is 32.0 Å². The molecular weight excluding hydrogens is 300 g/mol. The van der Waals surface area contributed by atoms with Gasteiger partial charge in [0.1, 0.15) is 4.88 Å². The van der Waals surface area contributed by atoms with Crippen molar-refractivity contribution in [1.82, 2.24) is 9.62 Å². The second kappa shape index (κ2) is 6.21. The molecule has 1 saturated heterocycles. The number of rotatable bonds is 5. The Bertz CT molecular complexity index is 576. The van der Waals surface area contributed by atoms with Crippen LogP contribution in [0.1, 0.15) is 29.4 Å². The highest BCUT2D eigenvalue weighted by atomic mass is 32.2. The first-order chi connectivity index (χ1) is 9.46. The lowest BCUT2D eigenvalue weighted by Gasteiger charge is -2.32. The summed E-state index contributed by atoms with van der Waals surface area (Å²) in [6.07, 6.45) is 1.56. The topological polar surface area (TPSA) is 86.7 Å². The molecule has 2 heterocycles. The molecule has 0 bridgehead atoms. The van der Waals surface area contributed by atoms with Crippen LogP contribution >= 0.6 is 11.3 Å². The highest BCUT2D eigenvalue weighted by Crippen LogP contribution is 2.26. The van der Waals surface area contributed by atoms with Crippen LogP contribution in [0.5, 0.6) is 0 Å². The summed E-state index contributed by atoms with van der Waals surface area (Å²) in [4.78, 5) is 11.0. The van der Waals surface area contributed by atoms with Crippen molar-refractivity contribution >= 4 is 27.3 Å². The molecule has 1 aliphatic rings. The van der Waals surface area contributed by atoms with Crippen LogP contribution in [-0.4, -0.2) is 49.5 Å². The van der Waals surface area contributed by atoms with Gasteiger partial charge in [0.15, 0.2) is 0 Å². The lowest BCUT2D eigenvalue weighted by atomic mass is 10.1. The van der Waals surface area contributed by atoms with E-state index in [4.69, 9.17) is 5.11 Å². The van der Waals surface area contributed by atoms with Crippen molar-refractivity contribution in [1.29, 1.82) is 0 Å². The smallest absolute Gasteiger partial charge is 0.345 e. The maximum absolute atomic E-state index is 12.6. The molecule has 0 aliphatic carbocycles. The van der Waals surface area contributed by atoms with Crippen LogP contribution in [0.3, 0.4) is 0 Å². The maximum Gasteiger partial charge on any atom is 0.345 e. The number of aromatic carboxylic acids is 1. The van der Waals surface area contributed by atoms with E-state index in [0.29, 0.717) is 6.54 Å². The molecule has 0 spiro atoms. The van der Waals surface area contributed by atoms with Crippen LogP contribution in [0.15, 0.2) is 16.3 Å². The molecule has 0 radical (unpaired) electrons. The fraction of sp³-hybridized carbons (Fsp3) is 0.583. The molecule has 1 aromatic heterocycles. The summed E-state index contributed by atoms with van der Waals surface area (Å²) < 4.78 is 26.7. The third-order valence-electron chi connectivity index (χ3n) is 3.42. The summed E-state index contributed by atoms with van der Waals surface area (Å²) in [5.41, 5.74) is 0. The van der Waals surface area contributed by atoms with E-state index in [9.17, 15) is 13.2 Å². The van der Waals surface area contributed by atoms with Gasteiger partial charge in [-0.1, -0.05) is 6.92 Å². The molecule has 1 aromatic rings. The number of hydrogen-bond donors (Lipinski definition) is 2. The molecule has 0 amide bonds. The van der Waals surface area contributed by atoms with Crippen molar-refractivity contribution in [2.75, 3.05) is 19.6 Å². The zero-order valence-corrected chi connectivity index (χ0v) is 12.8. The summed E-state index contributed by atoms with van der Waals surface area (Å²) in [6, 6.07) is 1.23. The Balaban J connectivity index is 2.28. The molecule has 0 saturated carbocycles. The van der Waals surface area contributed by atoms with Gasteiger partial charge in [0.25, 0.3) is 0 Å². The fourth-order valence-electron chi connectivity index (χ4n) is 2.42. The Labute approximate surface area is 122 Å². The highest BCUT2D eigenvalue weighted by molar-refractivity contribution is 7.89. The number of carboxylic acid groups (broad SMARTS) is 1. The average Bonchev–Trinajstić information content (AvgIpc) is 2.91. The Morgan fingerprint density at radius 2 is 2.15 bits per heavy atom. The van der Waals surface area contributed by atoms with Crippen LogP contribution in [-0.2, 0) is 10.0 Å². The van der Waals surface area contributed by atoms with E-state index in [0.717, 1.165) is 37.3 Å². The van der Waals surface area contributed by atoms with E-state index < -0.39 is 16.0 Å². The van der Waals surface area contributed by atoms with Crippen molar-refractivity contribution in [3.05, 3.63) is 16.3 Å². The van der Waals surface area contributed by atoms with Gasteiger partial charge in [-0.3, -0.25) is 0 Å². The molecule has 2 N–H and O–H groups in total.